The zero-order valence-electron chi connectivity index (χ0n) is 18.5. The van der Waals surface area contributed by atoms with E-state index in [-0.39, 0.29) is 29.9 Å². The maximum absolute atomic E-state index is 12.4. The molecule has 1 atom stereocenters. The molecule has 9 heteroatoms. The third-order valence-corrected chi connectivity index (χ3v) is 5.28. The third kappa shape index (κ3) is 5.36. The molecule has 3 aromatic carbocycles. The van der Waals surface area contributed by atoms with Crippen molar-refractivity contribution in [1.82, 2.24) is 0 Å². The Morgan fingerprint density at radius 2 is 1.66 bits per heavy atom. The van der Waals surface area contributed by atoms with Crippen LogP contribution in [0.2, 0.25) is 0 Å². The fraction of sp³-hybridized carbons (Fsp3) is 0.154. The van der Waals surface area contributed by atoms with Gasteiger partial charge in [0.25, 0.3) is 0 Å². The van der Waals surface area contributed by atoms with Crippen LogP contribution in [0.15, 0.2) is 75.9 Å². The summed E-state index contributed by atoms with van der Waals surface area (Å²) in [6.07, 6.45) is 0.382. The number of aromatic hydroxyl groups is 3. The van der Waals surface area contributed by atoms with Crippen LogP contribution in [0.1, 0.15) is 5.56 Å². The van der Waals surface area contributed by atoms with Crippen molar-refractivity contribution in [3.05, 3.63) is 82.5 Å². The Labute approximate surface area is 199 Å². The Balaban J connectivity index is 1.34. The van der Waals surface area contributed by atoms with Crippen LogP contribution in [-0.2, 0) is 16.0 Å². The minimum absolute atomic E-state index is 0.0302. The Hall–Kier alpha value is -4.50. The molecule has 0 amide bonds. The summed E-state index contributed by atoms with van der Waals surface area (Å²) in [6, 6.07) is 17.5. The average molecular weight is 477 g/mol. The van der Waals surface area contributed by atoms with Gasteiger partial charge in [-0.25, -0.2) is 0 Å². The average Bonchev–Trinajstić information content (AvgIpc) is 2.85. The summed E-state index contributed by atoms with van der Waals surface area (Å²) in [4.78, 5) is 24.5. The molecule has 0 aliphatic rings. The van der Waals surface area contributed by atoms with Crippen LogP contribution >= 0.6 is 0 Å². The lowest BCUT2D eigenvalue weighted by molar-refractivity contribution is -0.145. The Bertz CT molecular complexity index is 1400. The number of hydrogen-bond donors (Lipinski definition) is 4. The number of carbonyl (C=O) groups excluding carboxylic acids is 1. The first-order chi connectivity index (χ1) is 16.8. The Morgan fingerprint density at radius 3 is 2.37 bits per heavy atom. The molecule has 180 valence electrons. The second-order valence-corrected chi connectivity index (χ2v) is 7.78. The molecule has 0 aliphatic carbocycles. The maximum Gasteiger partial charge on any atom is 0.323 e. The number of benzene rings is 3. The van der Waals surface area contributed by atoms with Crippen LogP contribution in [-0.4, -0.2) is 40.5 Å². The summed E-state index contributed by atoms with van der Waals surface area (Å²) in [5.74, 6) is -1.96. The number of carbonyl (C=O) groups is 1. The van der Waals surface area contributed by atoms with Gasteiger partial charge in [-0.1, -0.05) is 30.3 Å². The van der Waals surface area contributed by atoms with Gasteiger partial charge in [0.1, 0.15) is 41.7 Å². The SMILES string of the molecule is N[C@@H](Cc1ccccc1)C(=O)OCCOc1ccc(-c2cc(=O)c3c(O)c(O)c(O)cc3o2)cc1. The van der Waals surface area contributed by atoms with Crippen molar-refractivity contribution >= 4 is 16.9 Å². The highest BCUT2D eigenvalue weighted by atomic mass is 16.6. The van der Waals surface area contributed by atoms with Crippen LogP contribution in [0, 0.1) is 0 Å². The number of rotatable bonds is 8. The molecule has 0 spiro atoms. The van der Waals surface area contributed by atoms with E-state index in [1.54, 1.807) is 24.3 Å². The summed E-state index contributed by atoms with van der Waals surface area (Å²) < 4.78 is 16.4. The zero-order chi connectivity index (χ0) is 24.9. The Kier molecular flexibility index (Phi) is 6.88. The minimum atomic E-state index is -0.789. The van der Waals surface area contributed by atoms with Gasteiger partial charge in [0.05, 0.1) is 0 Å². The molecule has 0 saturated carbocycles. The summed E-state index contributed by atoms with van der Waals surface area (Å²) in [6.45, 7) is 0.151. The van der Waals surface area contributed by atoms with Gasteiger partial charge in [0.2, 0.25) is 5.75 Å². The number of nitrogens with two attached hydrogens (primary N) is 1. The van der Waals surface area contributed by atoms with E-state index in [0.29, 0.717) is 17.7 Å². The van der Waals surface area contributed by atoms with Crippen molar-refractivity contribution < 1.29 is 34.0 Å². The molecule has 0 aliphatic heterocycles. The highest BCUT2D eigenvalue weighted by Gasteiger charge is 2.18. The molecule has 4 rings (SSSR count). The van der Waals surface area contributed by atoms with Crippen molar-refractivity contribution in [2.24, 2.45) is 5.73 Å². The second-order valence-electron chi connectivity index (χ2n) is 7.78. The van der Waals surface area contributed by atoms with Crippen molar-refractivity contribution in [3.8, 4) is 34.3 Å². The van der Waals surface area contributed by atoms with Crippen LogP contribution in [0.25, 0.3) is 22.3 Å². The van der Waals surface area contributed by atoms with E-state index >= 15 is 0 Å². The molecule has 4 aromatic rings. The van der Waals surface area contributed by atoms with E-state index in [1.165, 1.54) is 6.07 Å². The monoisotopic (exact) mass is 477 g/mol. The summed E-state index contributed by atoms with van der Waals surface area (Å²) in [5.41, 5.74) is 6.73. The zero-order valence-corrected chi connectivity index (χ0v) is 18.5. The molecular weight excluding hydrogens is 454 g/mol. The number of phenols is 3. The molecule has 35 heavy (non-hydrogen) atoms. The number of fused-ring (bicyclic) bond motifs is 1. The Morgan fingerprint density at radius 1 is 0.943 bits per heavy atom. The van der Waals surface area contributed by atoms with Crippen LogP contribution < -0.4 is 15.9 Å². The molecule has 5 N–H and O–H groups in total. The topological polar surface area (TPSA) is 152 Å². The van der Waals surface area contributed by atoms with Crippen LogP contribution in [0.3, 0.4) is 0 Å². The normalized spacial score (nSPS) is 11.8. The van der Waals surface area contributed by atoms with E-state index in [0.717, 1.165) is 11.6 Å². The van der Waals surface area contributed by atoms with Crippen LogP contribution in [0.5, 0.6) is 23.0 Å². The van der Waals surface area contributed by atoms with Crippen molar-refractivity contribution in [2.75, 3.05) is 13.2 Å². The predicted molar refractivity (Wildman–Crippen MR) is 127 cm³/mol. The summed E-state index contributed by atoms with van der Waals surface area (Å²) >= 11 is 0. The van der Waals surface area contributed by atoms with E-state index in [4.69, 9.17) is 19.6 Å². The van der Waals surface area contributed by atoms with Gasteiger partial charge in [-0.3, -0.25) is 9.59 Å². The van der Waals surface area contributed by atoms with Crippen molar-refractivity contribution in [3.63, 3.8) is 0 Å². The third-order valence-electron chi connectivity index (χ3n) is 5.28. The van der Waals surface area contributed by atoms with Gasteiger partial charge in [0, 0.05) is 17.7 Å². The first-order valence-corrected chi connectivity index (χ1v) is 10.7. The molecular formula is C26H23NO8. The van der Waals surface area contributed by atoms with Crippen molar-refractivity contribution in [2.45, 2.75) is 12.5 Å². The number of hydrogen-bond acceptors (Lipinski definition) is 9. The number of esters is 1. The number of ether oxygens (including phenoxy) is 2. The van der Waals surface area contributed by atoms with Gasteiger partial charge in [-0.15, -0.1) is 0 Å². The van der Waals surface area contributed by atoms with Gasteiger partial charge >= 0.3 is 5.97 Å². The fourth-order valence-corrected chi connectivity index (χ4v) is 3.50. The van der Waals surface area contributed by atoms with Gasteiger partial charge in [-0.2, -0.15) is 0 Å². The fourth-order valence-electron chi connectivity index (χ4n) is 3.50. The summed E-state index contributed by atoms with van der Waals surface area (Å²) in [7, 11) is 0. The predicted octanol–water partition coefficient (Wildman–Crippen LogP) is 3.07. The minimum Gasteiger partial charge on any atom is -0.504 e. The molecule has 0 bridgehead atoms. The maximum atomic E-state index is 12.4. The molecule has 0 saturated heterocycles. The second kappa shape index (κ2) is 10.2. The lowest BCUT2D eigenvalue weighted by Gasteiger charge is -2.12. The standard InChI is InChI=1S/C26H23NO8/c27-18(12-15-4-2-1-3-5-15)26(32)34-11-10-33-17-8-6-16(7-9-17)21-13-19(28)23-22(35-21)14-20(29)24(30)25(23)31/h1-9,13-14,18,29-31H,10-12,27H2/t18-/m0/s1. The molecule has 0 radical (unpaired) electrons. The van der Waals surface area contributed by atoms with Crippen LogP contribution in [0.4, 0.5) is 0 Å². The first-order valence-electron chi connectivity index (χ1n) is 10.7. The quantitative estimate of drug-likeness (QED) is 0.170. The van der Waals surface area contributed by atoms with E-state index in [1.807, 2.05) is 30.3 Å². The highest BCUT2D eigenvalue weighted by molar-refractivity contribution is 5.89. The lowest BCUT2D eigenvalue weighted by Crippen LogP contribution is -2.35. The van der Waals surface area contributed by atoms with Gasteiger partial charge in [-0.05, 0) is 36.2 Å². The largest absolute Gasteiger partial charge is 0.504 e. The molecule has 9 nitrogen and oxygen atoms in total. The molecule has 0 unspecified atom stereocenters. The lowest BCUT2D eigenvalue weighted by atomic mass is 10.1. The summed E-state index contributed by atoms with van der Waals surface area (Å²) in [5, 5.41) is 29.0. The van der Waals surface area contributed by atoms with Gasteiger partial charge < -0.3 is 34.9 Å². The van der Waals surface area contributed by atoms with Gasteiger partial charge in [0.15, 0.2) is 16.9 Å². The highest BCUT2D eigenvalue weighted by Crippen LogP contribution is 2.40. The molecule has 1 aromatic heterocycles. The molecule has 0 fully saturated rings. The van der Waals surface area contributed by atoms with E-state index < -0.39 is 34.7 Å². The number of phenolic OH excluding ortho intramolecular Hbond substituents is 3. The van der Waals surface area contributed by atoms with Crippen molar-refractivity contribution in [1.29, 1.82) is 0 Å². The molecule has 1 heterocycles. The smallest absolute Gasteiger partial charge is 0.323 e. The van der Waals surface area contributed by atoms with E-state index in [2.05, 4.69) is 0 Å². The first kappa shape index (κ1) is 23.7. The van der Waals surface area contributed by atoms with E-state index in [9.17, 15) is 24.9 Å².